The lowest BCUT2D eigenvalue weighted by Gasteiger charge is -2.11. The minimum Gasteiger partial charge on any atom is -0.481 e. The van der Waals surface area contributed by atoms with Gasteiger partial charge in [0.1, 0.15) is 6.33 Å². The molecule has 7 nitrogen and oxygen atoms in total. The Morgan fingerprint density at radius 2 is 1.84 bits per heavy atom. The van der Waals surface area contributed by atoms with Crippen molar-refractivity contribution in [3.05, 3.63) is 23.8 Å². The van der Waals surface area contributed by atoms with Gasteiger partial charge in [0.25, 0.3) is 0 Å². The third-order valence-corrected chi connectivity index (χ3v) is 2.72. The summed E-state index contributed by atoms with van der Waals surface area (Å²) >= 11 is 0. The molecular formula is C12H17N5O2. The lowest BCUT2D eigenvalue weighted by atomic mass is 10.3. The van der Waals surface area contributed by atoms with E-state index in [1.807, 2.05) is 20.2 Å². The van der Waals surface area contributed by atoms with Crippen LogP contribution in [0.1, 0.15) is 11.3 Å². The molecule has 2 aromatic heterocycles. The third kappa shape index (κ3) is 2.75. The molecule has 0 aromatic carbocycles. The van der Waals surface area contributed by atoms with Crippen LogP contribution in [0.15, 0.2) is 12.5 Å². The fraction of sp³-hybridized carbons (Fsp3) is 0.417. The molecule has 2 rings (SSSR count). The minimum absolute atomic E-state index is 0.500. The summed E-state index contributed by atoms with van der Waals surface area (Å²) in [5.41, 5.74) is 2.66. The molecule has 0 saturated carbocycles. The van der Waals surface area contributed by atoms with Crippen molar-refractivity contribution in [1.82, 2.24) is 19.7 Å². The molecule has 1 N–H and O–H groups in total. The molecule has 0 spiro atoms. The molecule has 0 fully saturated rings. The number of rotatable bonds is 5. The lowest BCUT2D eigenvalue weighted by Crippen LogP contribution is -2.07. The Morgan fingerprint density at radius 1 is 1.21 bits per heavy atom. The highest BCUT2D eigenvalue weighted by Gasteiger charge is 2.13. The van der Waals surface area contributed by atoms with Gasteiger partial charge in [0.15, 0.2) is 0 Å². The van der Waals surface area contributed by atoms with Gasteiger partial charge in [-0.05, 0) is 6.92 Å². The van der Waals surface area contributed by atoms with Crippen LogP contribution in [0.2, 0.25) is 0 Å². The summed E-state index contributed by atoms with van der Waals surface area (Å²) in [7, 11) is 5.02. The van der Waals surface area contributed by atoms with Gasteiger partial charge in [-0.3, -0.25) is 4.68 Å². The second-order valence-corrected chi connectivity index (χ2v) is 4.03. The van der Waals surface area contributed by atoms with Crippen LogP contribution in [0.25, 0.3) is 0 Å². The number of anilines is 1. The van der Waals surface area contributed by atoms with Crippen LogP contribution >= 0.6 is 0 Å². The molecule has 0 radical (unpaired) electrons. The summed E-state index contributed by atoms with van der Waals surface area (Å²) in [4.78, 5) is 8.14. The quantitative estimate of drug-likeness (QED) is 0.872. The van der Waals surface area contributed by atoms with Crippen LogP contribution < -0.4 is 14.8 Å². The highest BCUT2D eigenvalue weighted by Crippen LogP contribution is 2.24. The van der Waals surface area contributed by atoms with Gasteiger partial charge in [-0.2, -0.15) is 5.10 Å². The standard InChI is InChI=1S/C12H17N5O2/c1-8-10(6-17(2)16-8)13-5-9-11(18-3)14-7-15-12(9)19-4/h6-7,13H,5H2,1-4H3. The molecule has 0 bridgehead atoms. The molecule has 102 valence electrons. The first kappa shape index (κ1) is 13.1. The summed E-state index contributed by atoms with van der Waals surface area (Å²) in [6.07, 6.45) is 3.33. The summed E-state index contributed by atoms with van der Waals surface area (Å²) in [6, 6.07) is 0. The van der Waals surface area contributed by atoms with Crippen molar-refractivity contribution >= 4 is 5.69 Å². The van der Waals surface area contributed by atoms with Crippen molar-refractivity contribution < 1.29 is 9.47 Å². The lowest BCUT2D eigenvalue weighted by molar-refractivity contribution is 0.363. The molecule has 0 unspecified atom stereocenters. The van der Waals surface area contributed by atoms with Gasteiger partial charge >= 0.3 is 0 Å². The normalized spacial score (nSPS) is 10.3. The molecule has 2 heterocycles. The predicted octanol–water partition coefficient (Wildman–Crippen LogP) is 1.15. The molecule has 0 aliphatic rings. The van der Waals surface area contributed by atoms with E-state index in [0.717, 1.165) is 16.9 Å². The first-order valence-corrected chi connectivity index (χ1v) is 5.81. The van der Waals surface area contributed by atoms with E-state index in [1.165, 1.54) is 6.33 Å². The third-order valence-electron chi connectivity index (χ3n) is 2.72. The fourth-order valence-corrected chi connectivity index (χ4v) is 1.84. The van der Waals surface area contributed by atoms with Crippen molar-refractivity contribution in [1.29, 1.82) is 0 Å². The Bertz CT molecular complexity index is 545. The van der Waals surface area contributed by atoms with Gasteiger partial charge in [0.05, 0.1) is 37.7 Å². The minimum atomic E-state index is 0.500. The molecule has 0 amide bonds. The molecule has 7 heteroatoms. The maximum atomic E-state index is 5.22. The van der Waals surface area contributed by atoms with E-state index in [2.05, 4.69) is 20.4 Å². The molecule has 19 heavy (non-hydrogen) atoms. The summed E-state index contributed by atoms with van der Waals surface area (Å²) < 4.78 is 12.2. The van der Waals surface area contributed by atoms with Crippen molar-refractivity contribution in [3.63, 3.8) is 0 Å². The van der Waals surface area contributed by atoms with E-state index in [9.17, 15) is 0 Å². The molecule has 0 saturated heterocycles. The topological polar surface area (TPSA) is 74.1 Å². The zero-order chi connectivity index (χ0) is 13.8. The van der Waals surface area contributed by atoms with E-state index in [0.29, 0.717) is 18.3 Å². The maximum absolute atomic E-state index is 5.22. The fourth-order valence-electron chi connectivity index (χ4n) is 1.84. The Kier molecular flexibility index (Phi) is 3.84. The Morgan fingerprint density at radius 3 is 2.32 bits per heavy atom. The van der Waals surface area contributed by atoms with Crippen LogP contribution in [0.3, 0.4) is 0 Å². The van der Waals surface area contributed by atoms with E-state index in [4.69, 9.17) is 9.47 Å². The maximum Gasteiger partial charge on any atom is 0.225 e. The van der Waals surface area contributed by atoms with Crippen molar-refractivity contribution in [3.8, 4) is 11.8 Å². The number of hydrogen-bond donors (Lipinski definition) is 1. The summed E-state index contributed by atoms with van der Waals surface area (Å²) in [5, 5.41) is 7.55. The van der Waals surface area contributed by atoms with Gasteiger partial charge in [0.2, 0.25) is 11.8 Å². The molecule has 0 aliphatic carbocycles. The van der Waals surface area contributed by atoms with Gasteiger partial charge in [-0.25, -0.2) is 9.97 Å². The first-order valence-electron chi connectivity index (χ1n) is 5.81. The van der Waals surface area contributed by atoms with E-state index in [1.54, 1.807) is 18.9 Å². The first-order chi connectivity index (χ1) is 9.15. The number of nitrogens with zero attached hydrogens (tertiary/aromatic N) is 4. The SMILES string of the molecule is COc1ncnc(OC)c1CNc1cn(C)nc1C. The summed E-state index contributed by atoms with van der Waals surface area (Å²) in [5.74, 6) is 1.00. The highest BCUT2D eigenvalue weighted by molar-refractivity contribution is 5.47. The van der Waals surface area contributed by atoms with E-state index < -0.39 is 0 Å². The zero-order valence-electron chi connectivity index (χ0n) is 11.5. The largest absolute Gasteiger partial charge is 0.481 e. The summed E-state index contributed by atoms with van der Waals surface area (Å²) in [6.45, 7) is 2.44. The van der Waals surface area contributed by atoms with E-state index >= 15 is 0 Å². The smallest absolute Gasteiger partial charge is 0.225 e. The second kappa shape index (κ2) is 5.55. The highest BCUT2D eigenvalue weighted by atomic mass is 16.5. The second-order valence-electron chi connectivity index (χ2n) is 4.03. The van der Waals surface area contributed by atoms with Crippen LogP contribution in [0.5, 0.6) is 11.8 Å². The van der Waals surface area contributed by atoms with Crippen molar-refractivity contribution in [2.45, 2.75) is 13.5 Å². The Balaban J connectivity index is 2.21. The Labute approximate surface area is 111 Å². The number of ether oxygens (including phenoxy) is 2. The van der Waals surface area contributed by atoms with Crippen molar-refractivity contribution in [2.75, 3.05) is 19.5 Å². The molecular weight excluding hydrogens is 246 g/mol. The zero-order valence-corrected chi connectivity index (χ0v) is 11.5. The number of methoxy groups -OCH3 is 2. The van der Waals surface area contributed by atoms with Crippen LogP contribution in [0.4, 0.5) is 5.69 Å². The Hall–Kier alpha value is -2.31. The predicted molar refractivity (Wildman–Crippen MR) is 70.4 cm³/mol. The van der Waals surface area contributed by atoms with Gasteiger partial charge in [-0.1, -0.05) is 0 Å². The van der Waals surface area contributed by atoms with E-state index in [-0.39, 0.29) is 0 Å². The van der Waals surface area contributed by atoms with Crippen molar-refractivity contribution in [2.24, 2.45) is 7.05 Å². The number of aromatic nitrogens is 4. The van der Waals surface area contributed by atoms with Gasteiger partial charge < -0.3 is 14.8 Å². The average molecular weight is 263 g/mol. The van der Waals surface area contributed by atoms with Crippen LogP contribution in [0, 0.1) is 6.92 Å². The average Bonchev–Trinajstić information content (AvgIpc) is 2.74. The monoisotopic (exact) mass is 263 g/mol. The van der Waals surface area contributed by atoms with Gasteiger partial charge in [-0.15, -0.1) is 0 Å². The molecule has 0 aliphatic heterocycles. The number of nitrogens with one attached hydrogen (secondary N) is 1. The number of aryl methyl sites for hydroxylation is 2. The van der Waals surface area contributed by atoms with Crippen LogP contribution in [-0.2, 0) is 13.6 Å². The van der Waals surface area contributed by atoms with Crippen LogP contribution in [-0.4, -0.2) is 34.0 Å². The van der Waals surface area contributed by atoms with Gasteiger partial charge in [0, 0.05) is 13.2 Å². The molecule has 0 atom stereocenters. The molecule has 2 aromatic rings. The number of hydrogen-bond acceptors (Lipinski definition) is 6.